The Morgan fingerprint density at radius 1 is 1.09 bits per heavy atom. The summed E-state index contributed by atoms with van der Waals surface area (Å²) >= 11 is 17.5. The molecule has 1 aromatic heterocycles. The zero-order valence-electron chi connectivity index (χ0n) is 11.2. The number of nitrogen functional groups attached to an aromatic ring is 1. The number of pyridine rings is 1. The maximum Gasteiger partial charge on any atom is 0.285 e. The topological polar surface area (TPSA) is 114 Å². The van der Waals surface area contributed by atoms with Crippen molar-refractivity contribution in [3.8, 4) is 0 Å². The summed E-state index contributed by atoms with van der Waals surface area (Å²) in [6.07, 6.45) is 1.24. The molecule has 122 valence electrons. The molecule has 11 heteroatoms. The maximum atomic E-state index is 12.4. The van der Waals surface area contributed by atoms with Crippen molar-refractivity contribution in [3.63, 3.8) is 0 Å². The number of hydrazine groups is 1. The summed E-state index contributed by atoms with van der Waals surface area (Å²) in [6.45, 7) is 0. The minimum Gasteiger partial charge on any atom is -0.289 e. The number of hydrogen-bond acceptors (Lipinski definition) is 5. The monoisotopic (exact) mass is 394 g/mol. The number of benzene rings is 1. The van der Waals surface area contributed by atoms with Gasteiger partial charge in [0.05, 0.1) is 25.7 Å². The van der Waals surface area contributed by atoms with Crippen LogP contribution in [0, 0.1) is 0 Å². The van der Waals surface area contributed by atoms with E-state index in [1.807, 2.05) is 5.43 Å². The molecule has 0 radical (unpaired) electrons. The minimum atomic E-state index is -4.08. The number of carbonyl (C=O) groups is 1. The van der Waals surface area contributed by atoms with Crippen LogP contribution in [0.3, 0.4) is 0 Å². The average molecular weight is 396 g/mol. The molecular formula is C12H9Cl3N4O3S. The van der Waals surface area contributed by atoms with Crippen LogP contribution in [-0.4, -0.2) is 19.3 Å². The average Bonchev–Trinajstić information content (AvgIpc) is 2.51. The van der Waals surface area contributed by atoms with Gasteiger partial charge in [0.2, 0.25) is 0 Å². The molecule has 0 aliphatic carbocycles. The molecule has 4 N–H and O–H groups in total. The number of anilines is 1. The van der Waals surface area contributed by atoms with Gasteiger partial charge in [-0.05, 0) is 24.3 Å². The van der Waals surface area contributed by atoms with Crippen molar-refractivity contribution in [1.29, 1.82) is 0 Å². The molecule has 7 nitrogen and oxygen atoms in total. The van der Waals surface area contributed by atoms with Crippen LogP contribution in [0.25, 0.3) is 0 Å². The smallest absolute Gasteiger partial charge is 0.285 e. The predicted molar refractivity (Wildman–Crippen MR) is 88.2 cm³/mol. The first kappa shape index (κ1) is 17.8. The highest BCUT2D eigenvalue weighted by Gasteiger charge is 2.22. The third-order valence-corrected chi connectivity index (χ3v) is 5.09. The van der Waals surface area contributed by atoms with E-state index in [-0.39, 0.29) is 31.3 Å². The first-order chi connectivity index (χ1) is 10.8. The summed E-state index contributed by atoms with van der Waals surface area (Å²) < 4.78 is 27.0. The molecule has 0 aliphatic rings. The molecule has 23 heavy (non-hydrogen) atoms. The van der Waals surface area contributed by atoms with E-state index in [1.54, 1.807) is 0 Å². The lowest BCUT2D eigenvalue weighted by Gasteiger charge is -2.13. The van der Waals surface area contributed by atoms with Gasteiger partial charge in [-0.2, -0.15) is 0 Å². The number of halogens is 3. The van der Waals surface area contributed by atoms with Crippen molar-refractivity contribution >= 4 is 56.4 Å². The van der Waals surface area contributed by atoms with Crippen LogP contribution >= 0.6 is 34.8 Å². The molecule has 1 heterocycles. The van der Waals surface area contributed by atoms with Gasteiger partial charge in [0.1, 0.15) is 0 Å². The number of carbonyl (C=O) groups excluding carboxylic acids is 1. The lowest BCUT2D eigenvalue weighted by atomic mass is 10.3. The molecule has 0 bridgehead atoms. The van der Waals surface area contributed by atoms with E-state index in [0.717, 1.165) is 0 Å². The summed E-state index contributed by atoms with van der Waals surface area (Å²) in [4.78, 5) is 15.3. The zero-order chi connectivity index (χ0) is 17.2. The Labute approximate surface area is 146 Å². The van der Waals surface area contributed by atoms with E-state index in [9.17, 15) is 13.2 Å². The molecule has 0 unspecified atom stereocenters. The molecule has 0 atom stereocenters. The summed E-state index contributed by atoms with van der Waals surface area (Å²) in [5.41, 5.74) is 1.38. The molecule has 0 spiro atoms. The molecule has 0 saturated carbocycles. The Morgan fingerprint density at radius 2 is 1.78 bits per heavy atom. The van der Waals surface area contributed by atoms with Crippen molar-refractivity contribution in [2.75, 3.05) is 4.72 Å². The zero-order valence-corrected chi connectivity index (χ0v) is 14.3. The lowest BCUT2D eigenvalue weighted by molar-refractivity contribution is 0.0949. The number of hydrogen-bond donors (Lipinski definition) is 3. The van der Waals surface area contributed by atoms with Crippen LogP contribution in [0.2, 0.25) is 15.1 Å². The standard InChI is InChI=1S/C12H9Cl3N4O3S/c13-7-2-1-6(5-9(7)15)23(21,22)19-10-8(14)3-4-17-11(10)12(20)18-16/h1-5,19H,16H2,(H,18,20). The second-order valence-corrected chi connectivity index (χ2v) is 7.08. The maximum absolute atomic E-state index is 12.4. The van der Waals surface area contributed by atoms with Gasteiger partial charge in [-0.25, -0.2) is 19.2 Å². The van der Waals surface area contributed by atoms with Crippen LogP contribution in [0.5, 0.6) is 0 Å². The van der Waals surface area contributed by atoms with Gasteiger partial charge in [0.15, 0.2) is 5.69 Å². The Balaban J connectivity index is 2.49. The molecule has 2 aromatic rings. The van der Waals surface area contributed by atoms with E-state index in [0.29, 0.717) is 0 Å². The number of amides is 1. The number of nitrogens with one attached hydrogen (secondary N) is 2. The van der Waals surface area contributed by atoms with Crippen molar-refractivity contribution in [2.24, 2.45) is 5.84 Å². The SMILES string of the molecule is NNC(=O)c1nccc(Cl)c1NS(=O)(=O)c1ccc(Cl)c(Cl)c1. The molecule has 0 fully saturated rings. The Hall–Kier alpha value is -1.58. The van der Waals surface area contributed by atoms with Gasteiger partial charge < -0.3 is 0 Å². The third kappa shape index (κ3) is 3.85. The van der Waals surface area contributed by atoms with E-state index >= 15 is 0 Å². The van der Waals surface area contributed by atoms with Gasteiger partial charge in [0.25, 0.3) is 15.9 Å². The van der Waals surface area contributed by atoms with Crippen LogP contribution in [-0.2, 0) is 10.0 Å². The summed E-state index contributed by atoms with van der Waals surface area (Å²) in [5, 5.41) is 0.238. The van der Waals surface area contributed by atoms with Crippen molar-refractivity contribution in [3.05, 3.63) is 51.2 Å². The van der Waals surface area contributed by atoms with E-state index in [2.05, 4.69) is 9.71 Å². The normalized spacial score (nSPS) is 11.1. The van der Waals surface area contributed by atoms with Crippen molar-refractivity contribution < 1.29 is 13.2 Å². The molecule has 2 rings (SSSR count). The highest BCUT2D eigenvalue weighted by Crippen LogP contribution is 2.29. The number of nitrogens with two attached hydrogens (primary N) is 1. The summed E-state index contributed by atoms with van der Waals surface area (Å²) in [6, 6.07) is 5.07. The fourth-order valence-electron chi connectivity index (χ4n) is 1.61. The van der Waals surface area contributed by atoms with Crippen LogP contribution in [0.1, 0.15) is 10.5 Å². The number of nitrogens with zero attached hydrogens (tertiary/aromatic N) is 1. The second-order valence-electron chi connectivity index (χ2n) is 4.17. The van der Waals surface area contributed by atoms with Crippen LogP contribution in [0.4, 0.5) is 5.69 Å². The Kier molecular flexibility index (Phi) is 5.33. The number of sulfonamides is 1. The third-order valence-electron chi connectivity index (χ3n) is 2.68. The lowest BCUT2D eigenvalue weighted by Crippen LogP contribution is -2.32. The van der Waals surface area contributed by atoms with Crippen LogP contribution < -0.4 is 16.0 Å². The largest absolute Gasteiger partial charge is 0.289 e. The number of rotatable bonds is 4. The van der Waals surface area contributed by atoms with E-state index in [4.69, 9.17) is 40.6 Å². The molecular weight excluding hydrogens is 387 g/mol. The van der Waals surface area contributed by atoms with Crippen molar-refractivity contribution in [2.45, 2.75) is 4.90 Å². The van der Waals surface area contributed by atoms with E-state index in [1.165, 1.54) is 30.5 Å². The quantitative estimate of drug-likeness (QED) is 0.418. The van der Waals surface area contributed by atoms with Crippen LogP contribution in [0.15, 0.2) is 35.4 Å². The highest BCUT2D eigenvalue weighted by atomic mass is 35.5. The first-order valence-electron chi connectivity index (χ1n) is 5.89. The molecule has 1 amide bonds. The summed E-state index contributed by atoms with van der Waals surface area (Å²) in [5.74, 6) is 4.24. The molecule has 1 aromatic carbocycles. The minimum absolute atomic E-state index is 0.0257. The Morgan fingerprint density at radius 3 is 2.39 bits per heavy atom. The molecule has 0 saturated heterocycles. The second kappa shape index (κ2) is 6.90. The fourth-order valence-corrected chi connectivity index (χ4v) is 3.34. The summed E-state index contributed by atoms with van der Waals surface area (Å²) in [7, 11) is -4.08. The molecule has 0 aliphatic heterocycles. The highest BCUT2D eigenvalue weighted by molar-refractivity contribution is 7.92. The van der Waals surface area contributed by atoms with E-state index < -0.39 is 15.9 Å². The van der Waals surface area contributed by atoms with Crippen molar-refractivity contribution in [1.82, 2.24) is 10.4 Å². The van der Waals surface area contributed by atoms with Gasteiger partial charge in [-0.15, -0.1) is 0 Å². The van der Waals surface area contributed by atoms with Gasteiger partial charge >= 0.3 is 0 Å². The first-order valence-corrected chi connectivity index (χ1v) is 8.51. The van der Waals surface area contributed by atoms with Gasteiger partial charge in [-0.3, -0.25) is 14.9 Å². The Bertz CT molecular complexity index is 874. The van der Waals surface area contributed by atoms with Gasteiger partial charge in [0, 0.05) is 6.20 Å². The number of aromatic nitrogens is 1. The fraction of sp³-hybridized carbons (Fsp3) is 0. The predicted octanol–water partition coefficient (Wildman–Crippen LogP) is 2.45. The van der Waals surface area contributed by atoms with Gasteiger partial charge in [-0.1, -0.05) is 34.8 Å².